The summed E-state index contributed by atoms with van der Waals surface area (Å²) in [7, 11) is -1.64. The highest BCUT2D eigenvalue weighted by molar-refractivity contribution is 9.15. The van der Waals surface area contributed by atoms with Gasteiger partial charge in [0.2, 0.25) is 0 Å². The van der Waals surface area contributed by atoms with E-state index in [1.54, 1.807) is 13.2 Å². The fourth-order valence-corrected chi connectivity index (χ4v) is 5.59. The van der Waals surface area contributed by atoms with Crippen molar-refractivity contribution in [2.45, 2.75) is 13.3 Å². The second kappa shape index (κ2) is 7.14. The Balaban J connectivity index is 2.18. The Morgan fingerprint density at radius 3 is 2.62 bits per heavy atom. The van der Waals surface area contributed by atoms with E-state index in [1.807, 2.05) is 49.4 Å². The van der Waals surface area contributed by atoms with E-state index in [0.717, 1.165) is 22.0 Å². The van der Waals surface area contributed by atoms with E-state index in [9.17, 15) is 4.57 Å². The van der Waals surface area contributed by atoms with Crippen LogP contribution in [0.2, 0.25) is 0 Å². The number of fused-ring (bicyclic) bond motifs is 1. The molecular weight excluding hydrogens is 389 g/mol. The molecule has 4 nitrogen and oxygen atoms in total. The molecule has 3 rings (SSSR count). The maximum atomic E-state index is 13.6. The summed E-state index contributed by atoms with van der Waals surface area (Å²) < 4.78 is 25.7. The SMILES string of the molecule is CCCNP1(=O)OC(c2ccccc2)=C(Br)c2ccc(OC)cc21. The third-order valence-corrected chi connectivity index (χ3v) is 6.65. The number of halogens is 1. The molecule has 1 atom stereocenters. The van der Waals surface area contributed by atoms with Gasteiger partial charge >= 0.3 is 7.52 Å². The van der Waals surface area contributed by atoms with Gasteiger partial charge in [0, 0.05) is 17.7 Å². The molecule has 0 saturated carbocycles. The van der Waals surface area contributed by atoms with E-state index in [2.05, 4.69) is 21.0 Å². The van der Waals surface area contributed by atoms with Crippen molar-refractivity contribution in [3.63, 3.8) is 0 Å². The van der Waals surface area contributed by atoms with E-state index in [0.29, 0.717) is 23.4 Å². The first-order valence-electron chi connectivity index (χ1n) is 7.78. The average molecular weight is 408 g/mol. The van der Waals surface area contributed by atoms with Gasteiger partial charge in [0.1, 0.15) is 5.75 Å². The lowest BCUT2D eigenvalue weighted by molar-refractivity contribution is 0.414. The number of nitrogens with one attached hydrogen (secondary N) is 1. The summed E-state index contributed by atoms with van der Waals surface area (Å²) in [6, 6.07) is 15.2. The number of hydrogen-bond donors (Lipinski definition) is 1. The van der Waals surface area contributed by atoms with E-state index in [4.69, 9.17) is 9.26 Å². The first kappa shape index (κ1) is 17.3. The monoisotopic (exact) mass is 407 g/mol. The third-order valence-electron chi connectivity index (χ3n) is 3.78. The van der Waals surface area contributed by atoms with Crippen molar-refractivity contribution >= 4 is 39.0 Å². The summed E-state index contributed by atoms with van der Waals surface area (Å²) in [6.45, 7) is 2.63. The van der Waals surface area contributed by atoms with Gasteiger partial charge in [0.05, 0.1) is 16.9 Å². The van der Waals surface area contributed by atoms with Crippen LogP contribution in [0.3, 0.4) is 0 Å². The Labute approximate surface area is 150 Å². The van der Waals surface area contributed by atoms with Crippen molar-refractivity contribution in [2.24, 2.45) is 0 Å². The van der Waals surface area contributed by atoms with Gasteiger partial charge in [-0.3, -0.25) is 4.57 Å². The van der Waals surface area contributed by atoms with Crippen molar-refractivity contribution < 1.29 is 13.8 Å². The molecule has 2 aromatic carbocycles. The maximum absolute atomic E-state index is 13.6. The molecule has 0 aromatic heterocycles. The molecule has 2 aromatic rings. The topological polar surface area (TPSA) is 47.6 Å². The summed E-state index contributed by atoms with van der Waals surface area (Å²) >= 11 is 3.62. The molecular formula is C18H19BrNO3P. The summed E-state index contributed by atoms with van der Waals surface area (Å²) in [5.74, 6) is 1.24. The fraction of sp³-hybridized carbons (Fsp3) is 0.222. The summed E-state index contributed by atoms with van der Waals surface area (Å²) in [5, 5.41) is 3.72. The zero-order valence-corrected chi connectivity index (χ0v) is 16.1. The van der Waals surface area contributed by atoms with Gasteiger partial charge in [0.15, 0.2) is 5.76 Å². The summed E-state index contributed by atoms with van der Waals surface area (Å²) in [5.41, 5.74) is 1.73. The largest absolute Gasteiger partial charge is 0.497 e. The van der Waals surface area contributed by atoms with Crippen LogP contribution in [0.25, 0.3) is 10.2 Å². The van der Waals surface area contributed by atoms with Crippen molar-refractivity contribution in [1.29, 1.82) is 0 Å². The molecule has 1 aliphatic rings. The van der Waals surface area contributed by atoms with Gasteiger partial charge in [-0.2, -0.15) is 0 Å². The highest BCUT2D eigenvalue weighted by atomic mass is 79.9. The lowest BCUT2D eigenvalue weighted by Gasteiger charge is -2.29. The number of benzene rings is 2. The van der Waals surface area contributed by atoms with Gasteiger partial charge in [-0.05, 0) is 40.5 Å². The normalized spacial score (nSPS) is 19.6. The Kier molecular flexibility index (Phi) is 5.14. The molecule has 0 amide bonds. The van der Waals surface area contributed by atoms with Crippen LogP contribution in [0.15, 0.2) is 48.5 Å². The molecule has 0 bridgehead atoms. The Hall–Kier alpha value is -1.55. The molecule has 0 radical (unpaired) electrons. The zero-order valence-electron chi connectivity index (χ0n) is 13.6. The third kappa shape index (κ3) is 3.16. The molecule has 0 saturated heterocycles. The molecule has 24 heavy (non-hydrogen) atoms. The molecule has 6 heteroatoms. The molecule has 1 heterocycles. The predicted octanol–water partition coefficient (Wildman–Crippen LogP) is 4.76. The van der Waals surface area contributed by atoms with Gasteiger partial charge in [0.25, 0.3) is 0 Å². The number of methoxy groups -OCH3 is 1. The van der Waals surface area contributed by atoms with Gasteiger partial charge in [-0.1, -0.05) is 37.3 Å². The molecule has 1 unspecified atom stereocenters. The lowest BCUT2D eigenvalue weighted by atomic mass is 10.1. The average Bonchev–Trinajstić information content (AvgIpc) is 2.63. The highest BCUT2D eigenvalue weighted by Crippen LogP contribution is 2.54. The van der Waals surface area contributed by atoms with Gasteiger partial charge < -0.3 is 9.26 Å². The van der Waals surface area contributed by atoms with E-state index < -0.39 is 7.52 Å². The minimum absolute atomic E-state index is 0.584. The first-order valence-corrected chi connectivity index (χ1v) is 10.2. The quantitative estimate of drug-likeness (QED) is 0.725. The fourth-order valence-electron chi connectivity index (χ4n) is 2.55. The predicted molar refractivity (Wildman–Crippen MR) is 102 cm³/mol. The lowest BCUT2D eigenvalue weighted by Crippen LogP contribution is -2.27. The molecule has 0 spiro atoms. The molecule has 126 valence electrons. The van der Waals surface area contributed by atoms with E-state index >= 15 is 0 Å². The number of rotatable bonds is 5. The van der Waals surface area contributed by atoms with Crippen LogP contribution in [0.1, 0.15) is 24.5 Å². The number of hydrogen-bond acceptors (Lipinski definition) is 3. The van der Waals surface area contributed by atoms with Crippen LogP contribution in [-0.4, -0.2) is 13.7 Å². The van der Waals surface area contributed by atoms with Crippen molar-refractivity contribution in [3.8, 4) is 5.75 Å². The van der Waals surface area contributed by atoms with E-state index in [-0.39, 0.29) is 0 Å². The van der Waals surface area contributed by atoms with Crippen LogP contribution < -0.4 is 15.1 Å². The highest BCUT2D eigenvalue weighted by Gasteiger charge is 2.37. The first-order chi connectivity index (χ1) is 11.6. The molecule has 0 aliphatic carbocycles. The van der Waals surface area contributed by atoms with Crippen molar-refractivity contribution in [2.75, 3.05) is 13.7 Å². The zero-order chi connectivity index (χ0) is 17.2. The maximum Gasteiger partial charge on any atom is 0.347 e. The van der Waals surface area contributed by atoms with Crippen LogP contribution in [0, 0.1) is 0 Å². The van der Waals surface area contributed by atoms with Crippen LogP contribution in [-0.2, 0) is 9.09 Å². The smallest absolute Gasteiger partial charge is 0.347 e. The summed E-state index contributed by atoms with van der Waals surface area (Å²) in [4.78, 5) is 0. The van der Waals surface area contributed by atoms with Crippen molar-refractivity contribution in [1.82, 2.24) is 5.09 Å². The second-order valence-electron chi connectivity index (χ2n) is 5.44. The van der Waals surface area contributed by atoms with Crippen LogP contribution in [0.4, 0.5) is 0 Å². The van der Waals surface area contributed by atoms with Crippen LogP contribution >= 0.6 is 23.4 Å². The standard InChI is InChI=1S/C18H19BrNO3P/c1-3-11-20-24(21)16-12-14(22-2)9-10-15(16)17(19)18(23-24)13-7-5-4-6-8-13/h4-10,12H,3,11H2,1-2H3,(H,20,21). The van der Waals surface area contributed by atoms with Crippen LogP contribution in [0.5, 0.6) is 5.75 Å². The van der Waals surface area contributed by atoms with E-state index in [1.165, 1.54) is 0 Å². The Morgan fingerprint density at radius 1 is 1.21 bits per heavy atom. The van der Waals surface area contributed by atoms with Crippen molar-refractivity contribution in [3.05, 3.63) is 59.7 Å². The molecule has 1 aliphatic heterocycles. The molecule has 0 fully saturated rings. The summed E-state index contributed by atoms with van der Waals surface area (Å²) in [6.07, 6.45) is 0.859. The van der Waals surface area contributed by atoms with Gasteiger partial charge in [-0.15, -0.1) is 0 Å². The minimum atomic E-state index is -3.24. The molecule has 1 N–H and O–H groups in total. The Morgan fingerprint density at radius 2 is 1.96 bits per heavy atom. The number of ether oxygens (including phenoxy) is 1. The van der Waals surface area contributed by atoms with Gasteiger partial charge in [-0.25, -0.2) is 5.09 Å². The minimum Gasteiger partial charge on any atom is -0.497 e. The second-order valence-corrected chi connectivity index (χ2v) is 8.32. The Bertz CT molecular complexity index is 820.